The van der Waals surface area contributed by atoms with Gasteiger partial charge < -0.3 is 14.9 Å². The molecule has 8 heteroatoms. The SMILES string of the molecule is CCC(Oc1cccc(/C=C2/SC(=S)N(c3ccc(O)cc3)C2=O)c1)C(=O)O. The van der Waals surface area contributed by atoms with Gasteiger partial charge in [0, 0.05) is 0 Å². The molecule has 3 rings (SSSR count). The Bertz CT molecular complexity index is 955. The van der Waals surface area contributed by atoms with Gasteiger partial charge in [0.2, 0.25) is 0 Å². The molecule has 2 aromatic carbocycles. The van der Waals surface area contributed by atoms with Crippen LogP contribution < -0.4 is 9.64 Å². The summed E-state index contributed by atoms with van der Waals surface area (Å²) < 4.78 is 5.89. The molecule has 144 valence electrons. The number of thiocarbonyl (C=S) groups is 1. The number of phenolic OH excluding ortho intramolecular Hbond substituents is 1. The van der Waals surface area contributed by atoms with Crippen LogP contribution >= 0.6 is 24.0 Å². The van der Waals surface area contributed by atoms with E-state index in [9.17, 15) is 14.7 Å². The number of anilines is 1. The smallest absolute Gasteiger partial charge is 0.344 e. The number of phenols is 1. The van der Waals surface area contributed by atoms with E-state index < -0.39 is 12.1 Å². The Hall–Kier alpha value is -2.84. The minimum absolute atomic E-state index is 0.105. The fourth-order valence-electron chi connectivity index (χ4n) is 2.59. The first-order valence-corrected chi connectivity index (χ1v) is 9.68. The fourth-order valence-corrected chi connectivity index (χ4v) is 3.89. The van der Waals surface area contributed by atoms with Crippen LogP contribution in [0.25, 0.3) is 6.08 Å². The molecule has 1 aliphatic heterocycles. The van der Waals surface area contributed by atoms with Crippen LogP contribution in [0.15, 0.2) is 53.4 Å². The molecule has 1 atom stereocenters. The quantitative estimate of drug-likeness (QED) is 0.544. The van der Waals surface area contributed by atoms with Crippen molar-refractivity contribution in [2.75, 3.05) is 4.90 Å². The Morgan fingerprint density at radius 1 is 1.29 bits per heavy atom. The first-order valence-electron chi connectivity index (χ1n) is 8.45. The number of amides is 1. The molecule has 6 nitrogen and oxygen atoms in total. The molecule has 0 spiro atoms. The highest BCUT2D eigenvalue weighted by Crippen LogP contribution is 2.36. The number of aromatic hydroxyl groups is 1. The van der Waals surface area contributed by atoms with Gasteiger partial charge in [-0.3, -0.25) is 9.69 Å². The molecule has 1 fully saturated rings. The van der Waals surface area contributed by atoms with Gasteiger partial charge in [-0.05, 0) is 54.5 Å². The third-order valence-electron chi connectivity index (χ3n) is 3.98. The summed E-state index contributed by atoms with van der Waals surface area (Å²) in [5, 5.41) is 18.5. The van der Waals surface area contributed by atoms with Crippen molar-refractivity contribution in [1.29, 1.82) is 0 Å². The van der Waals surface area contributed by atoms with Crippen LogP contribution in [0, 0.1) is 0 Å². The van der Waals surface area contributed by atoms with Crippen molar-refractivity contribution in [2.45, 2.75) is 19.4 Å². The summed E-state index contributed by atoms with van der Waals surface area (Å²) in [7, 11) is 0. The van der Waals surface area contributed by atoms with Gasteiger partial charge in [0.15, 0.2) is 10.4 Å². The zero-order valence-corrected chi connectivity index (χ0v) is 16.5. The highest BCUT2D eigenvalue weighted by Gasteiger charge is 2.33. The maximum Gasteiger partial charge on any atom is 0.344 e. The molecule has 28 heavy (non-hydrogen) atoms. The number of nitrogens with zero attached hydrogens (tertiary/aromatic N) is 1. The Labute approximate surface area is 171 Å². The second-order valence-electron chi connectivity index (χ2n) is 5.96. The molecular formula is C20H17NO5S2. The van der Waals surface area contributed by atoms with Crippen molar-refractivity contribution in [1.82, 2.24) is 0 Å². The van der Waals surface area contributed by atoms with Gasteiger partial charge in [-0.25, -0.2) is 4.79 Å². The summed E-state index contributed by atoms with van der Waals surface area (Å²) in [6.45, 7) is 1.73. The number of aliphatic carboxylic acids is 1. The molecule has 1 heterocycles. The van der Waals surface area contributed by atoms with Crippen molar-refractivity contribution in [3.05, 3.63) is 59.0 Å². The number of carbonyl (C=O) groups is 2. The first-order chi connectivity index (χ1) is 13.4. The second-order valence-corrected chi connectivity index (χ2v) is 7.63. The van der Waals surface area contributed by atoms with E-state index in [2.05, 4.69) is 0 Å². The van der Waals surface area contributed by atoms with Crippen LogP contribution in [-0.4, -0.2) is 32.5 Å². The van der Waals surface area contributed by atoms with E-state index in [1.807, 2.05) is 0 Å². The van der Waals surface area contributed by atoms with Crippen molar-refractivity contribution in [2.24, 2.45) is 0 Å². The molecule has 1 unspecified atom stereocenters. The minimum Gasteiger partial charge on any atom is -0.508 e. The van der Waals surface area contributed by atoms with Crippen LogP contribution in [0.1, 0.15) is 18.9 Å². The third kappa shape index (κ3) is 4.35. The lowest BCUT2D eigenvalue weighted by Crippen LogP contribution is -2.27. The lowest BCUT2D eigenvalue weighted by molar-refractivity contribution is -0.145. The molecular weight excluding hydrogens is 398 g/mol. The van der Waals surface area contributed by atoms with Gasteiger partial charge in [-0.1, -0.05) is 43.0 Å². The standard InChI is InChI=1S/C20H17NO5S2/c1-2-16(19(24)25)26-15-5-3-4-12(10-15)11-17-18(23)21(20(27)28-17)13-6-8-14(22)9-7-13/h3-11,16,22H,2H2,1H3,(H,24,25)/b17-11+. The van der Waals surface area contributed by atoms with Gasteiger partial charge in [0.25, 0.3) is 5.91 Å². The summed E-state index contributed by atoms with van der Waals surface area (Å²) >= 11 is 6.50. The Morgan fingerprint density at radius 2 is 2.00 bits per heavy atom. The largest absolute Gasteiger partial charge is 0.508 e. The summed E-state index contributed by atoms with van der Waals surface area (Å²) in [5.41, 5.74) is 1.27. The zero-order chi connectivity index (χ0) is 20.3. The van der Waals surface area contributed by atoms with E-state index in [4.69, 9.17) is 22.1 Å². The van der Waals surface area contributed by atoms with E-state index >= 15 is 0 Å². The maximum atomic E-state index is 12.8. The number of carboxylic acid groups (broad SMARTS) is 1. The van der Waals surface area contributed by atoms with E-state index in [1.165, 1.54) is 28.8 Å². The number of ether oxygens (including phenoxy) is 1. The molecule has 1 amide bonds. The van der Waals surface area contributed by atoms with Gasteiger partial charge in [-0.2, -0.15) is 0 Å². The van der Waals surface area contributed by atoms with E-state index in [0.717, 1.165) is 0 Å². The summed E-state index contributed by atoms with van der Waals surface area (Å²) in [6, 6.07) is 13.1. The lowest BCUT2D eigenvalue weighted by atomic mass is 10.2. The van der Waals surface area contributed by atoms with Crippen LogP contribution in [-0.2, 0) is 9.59 Å². The van der Waals surface area contributed by atoms with Gasteiger partial charge in [-0.15, -0.1) is 0 Å². The van der Waals surface area contributed by atoms with Crippen molar-refractivity contribution >= 4 is 51.9 Å². The lowest BCUT2D eigenvalue weighted by Gasteiger charge is -2.14. The zero-order valence-electron chi connectivity index (χ0n) is 14.9. The summed E-state index contributed by atoms with van der Waals surface area (Å²) in [6.07, 6.45) is 1.10. The molecule has 2 N–H and O–H groups in total. The van der Waals surface area contributed by atoms with Crippen LogP contribution in [0.3, 0.4) is 0 Å². The van der Waals surface area contributed by atoms with Gasteiger partial charge in [0.05, 0.1) is 10.6 Å². The van der Waals surface area contributed by atoms with Crippen molar-refractivity contribution in [3.8, 4) is 11.5 Å². The predicted octanol–water partition coefficient (Wildman–Crippen LogP) is 4.04. The van der Waals surface area contributed by atoms with Crippen LogP contribution in [0.2, 0.25) is 0 Å². The second kappa shape index (κ2) is 8.45. The van der Waals surface area contributed by atoms with Crippen molar-refractivity contribution in [3.63, 3.8) is 0 Å². The number of carboxylic acids is 1. The first kappa shape index (κ1) is 19.9. The summed E-state index contributed by atoms with van der Waals surface area (Å²) in [4.78, 5) is 25.8. The minimum atomic E-state index is -1.03. The Morgan fingerprint density at radius 3 is 2.64 bits per heavy atom. The normalized spacial score (nSPS) is 16.5. The molecule has 0 aliphatic carbocycles. The molecule has 0 radical (unpaired) electrons. The number of benzene rings is 2. The number of rotatable bonds is 6. The van der Waals surface area contributed by atoms with Gasteiger partial charge >= 0.3 is 5.97 Å². The van der Waals surface area contributed by atoms with E-state index in [1.54, 1.807) is 49.4 Å². The number of hydrogen-bond donors (Lipinski definition) is 2. The maximum absolute atomic E-state index is 12.8. The molecule has 1 aliphatic rings. The highest BCUT2D eigenvalue weighted by atomic mass is 32.2. The molecule has 0 saturated carbocycles. The van der Waals surface area contributed by atoms with Gasteiger partial charge in [0.1, 0.15) is 11.5 Å². The number of carbonyl (C=O) groups excluding carboxylic acids is 1. The van der Waals surface area contributed by atoms with Crippen molar-refractivity contribution < 1.29 is 24.5 Å². The topological polar surface area (TPSA) is 87.1 Å². The molecule has 0 bridgehead atoms. The fraction of sp³-hybridized carbons (Fsp3) is 0.150. The highest BCUT2D eigenvalue weighted by molar-refractivity contribution is 8.27. The Kier molecular flexibility index (Phi) is 6.01. The number of hydrogen-bond acceptors (Lipinski definition) is 6. The average Bonchev–Trinajstić information content (AvgIpc) is 2.94. The predicted molar refractivity (Wildman–Crippen MR) is 113 cm³/mol. The van der Waals surface area contributed by atoms with Crippen LogP contribution in [0.4, 0.5) is 5.69 Å². The monoisotopic (exact) mass is 415 g/mol. The summed E-state index contributed by atoms with van der Waals surface area (Å²) in [5.74, 6) is -0.767. The third-order valence-corrected chi connectivity index (χ3v) is 5.28. The Balaban J connectivity index is 1.83. The molecule has 0 aromatic heterocycles. The van der Waals surface area contributed by atoms with E-state index in [-0.39, 0.29) is 11.7 Å². The molecule has 1 saturated heterocycles. The van der Waals surface area contributed by atoms with E-state index in [0.29, 0.717) is 32.6 Å². The number of thioether (sulfide) groups is 1. The average molecular weight is 415 g/mol. The van der Waals surface area contributed by atoms with Crippen LogP contribution in [0.5, 0.6) is 11.5 Å². The molecule has 2 aromatic rings.